The molecular formula is C22H28N2O5. The van der Waals surface area contributed by atoms with Gasteiger partial charge in [0.05, 0.1) is 12.0 Å². The van der Waals surface area contributed by atoms with Crippen molar-refractivity contribution in [3.63, 3.8) is 0 Å². The number of hydrogen-bond donors (Lipinski definition) is 0. The summed E-state index contributed by atoms with van der Waals surface area (Å²) in [4.78, 5) is 39.9. The highest BCUT2D eigenvalue weighted by molar-refractivity contribution is 6.00. The van der Waals surface area contributed by atoms with Crippen LogP contribution in [0.4, 0.5) is 0 Å². The topological polar surface area (TPSA) is 76.2 Å². The molecule has 7 heteroatoms. The SMILES string of the molecule is CC(=O)N1CCN(C(=O)COc2ccc3c(c2)OC2(CCCCC2)CC3=O)CC1. The molecule has 2 fully saturated rings. The molecule has 1 saturated heterocycles. The van der Waals surface area contributed by atoms with Crippen LogP contribution in [0.1, 0.15) is 55.8 Å². The number of piperazine rings is 1. The van der Waals surface area contributed by atoms with Gasteiger partial charge >= 0.3 is 0 Å². The van der Waals surface area contributed by atoms with Crippen LogP contribution in [0.3, 0.4) is 0 Å². The second-order valence-electron chi connectivity index (χ2n) is 8.28. The zero-order valence-corrected chi connectivity index (χ0v) is 16.9. The summed E-state index contributed by atoms with van der Waals surface area (Å²) in [5, 5.41) is 0. The number of amides is 2. The smallest absolute Gasteiger partial charge is 0.260 e. The number of rotatable bonds is 3. The van der Waals surface area contributed by atoms with E-state index in [1.807, 2.05) is 0 Å². The van der Waals surface area contributed by atoms with Gasteiger partial charge in [0.25, 0.3) is 5.91 Å². The van der Waals surface area contributed by atoms with Gasteiger partial charge in [-0.3, -0.25) is 14.4 Å². The van der Waals surface area contributed by atoms with Crippen LogP contribution in [0.25, 0.3) is 0 Å². The Bertz CT molecular complexity index is 807. The van der Waals surface area contributed by atoms with Gasteiger partial charge in [0.15, 0.2) is 12.4 Å². The summed E-state index contributed by atoms with van der Waals surface area (Å²) in [7, 11) is 0. The highest BCUT2D eigenvalue weighted by atomic mass is 16.5. The molecule has 2 heterocycles. The summed E-state index contributed by atoms with van der Waals surface area (Å²) >= 11 is 0. The number of nitrogens with zero attached hydrogens (tertiary/aromatic N) is 2. The summed E-state index contributed by atoms with van der Waals surface area (Å²) in [6.07, 6.45) is 5.64. The summed E-state index contributed by atoms with van der Waals surface area (Å²) in [5.41, 5.74) is 0.230. The van der Waals surface area contributed by atoms with E-state index in [1.165, 1.54) is 6.42 Å². The van der Waals surface area contributed by atoms with Crippen LogP contribution in [-0.4, -0.2) is 65.8 Å². The lowest BCUT2D eigenvalue weighted by atomic mass is 9.78. The molecule has 0 unspecified atom stereocenters. The van der Waals surface area contributed by atoms with Crippen LogP contribution in [-0.2, 0) is 9.59 Å². The second-order valence-corrected chi connectivity index (χ2v) is 8.28. The van der Waals surface area contributed by atoms with Gasteiger partial charge in [-0.2, -0.15) is 0 Å². The maximum atomic E-state index is 12.6. The first-order valence-corrected chi connectivity index (χ1v) is 10.5. The maximum Gasteiger partial charge on any atom is 0.260 e. The van der Waals surface area contributed by atoms with Crippen molar-refractivity contribution in [1.82, 2.24) is 9.80 Å². The summed E-state index contributed by atoms with van der Waals surface area (Å²) in [6.45, 7) is 3.62. The third-order valence-electron chi connectivity index (χ3n) is 6.27. The number of Topliss-reactive ketones (excluding diaryl/α,β-unsaturated/α-hetero) is 1. The first kappa shape index (κ1) is 19.7. The van der Waals surface area contributed by atoms with Crippen molar-refractivity contribution in [3.8, 4) is 11.5 Å². The molecule has 0 radical (unpaired) electrons. The van der Waals surface area contributed by atoms with Gasteiger partial charge < -0.3 is 19.3 Å². The normalized spacial score (nSPS) is 20.8. The van der Waals surface area contributed by atoms with Crippen LogP contribution in [0.5, 0.6) is 11.5 Å². The lowest BCUT2D eigenvalue weighted by Crippen LogP contribution is -2.51. The predicted octanol–water partition coefficient (Wildman–Crippen LogP) is 2.42. The molecule has 0 atom stereocenters. The quantitative estimate of drug-likeness (QED) is 0.779. The third kappa shape index (κ3) is 4.23. The predicted molar refractivity (Wildman–Crippen MR) is 106 cm³/mol. The molecule has 2 amide bonds. The Labute approximate surface area is 170 Å². The van der Waals surface area contributed by atoms with Gasteiger partial charge in [0.2, 0.25) is 5.91 Å². The Balaban J connectivity index is 1.37. The molecule has 0 bridgehead atoms. The number of carbonyl (C=O) groups excluding carboxylic acids is 3. The van der Waals surface area contributed by atoms with E-state index in [2.05, 4.69) is 0 Å². The zero-order chi connectivity index (χ0) is 20.4. The minimum Gasteiger partial charge on any atom is -0.486 e. The Morgan fingerprint density at radius 2 is 1.76 bits per heavy atom. The highest BCUT2D eigenvalue weighted by Crippen LogP contribution is 2.42. The van der Waals surface area contributed by atoms with E-state index in [9.17, 15) is 14.4 Å². The summed E-state index contributed by atoms with van der Waals surface area (Å²) in [6, 6.07) is 5.20. The highest BCUT2D eigenvalue weighted by Gasteiger charge is 2.41. The minimum absolute atomic E-state index is 0.0349. The molecular weight excluding hydrogens is 372 g/mol. The van der Waals surface area contributed by atoms with Crippen molar-refractivity contribution in [2.75, 3.05) is 32.8 Å². The molecule has 1 spiro atoms. The molecule has 7 nitrogen and oxygen atoms in total. The van der Waals surface area contributed by atoms with Gasteiger partial charge in [-0.15, -0.1) is 0 Å². The Hall–Kier alpha value is -2.57. The number of ketones is 1. The van der Waals surface area contributed by atoms with Crippen LogP contribution < -0.4 is 9.47 Å². The first-order valence-electron chi connectivity index (χ1n) is 10.5. The van der Waals surface area contributed by atoms with E-state index in [4.69, 9.17) is 9.47 Å². The fourth-order valence-corrected chi connectivity index (χ4v) is 4.55. The second kappa shape index (κ2) is 8.05. The van der Waals surface area contributed by atoms with Crippen molar-refractivity contribution < 1.29 is 23.9 Å². The number of carbonyl (C=O) groups is 3. The Morgan fingerprint density at radius 1 is 1.07 bits per heavy atom. The van der Waals surface area contributed by atoms with Crippen molar-refractivity contribution >= 4 is 17.6 Å². The van der Waals surface area contributed by atoms with E-state index in [0.29, 0.717) is 49.7 Å². The molecule has 1 aliphatic carbocycles. The summed E-state index contributed by atoms with van der Waals surface area (Å²) in [5.74, 6) is 1.15. The van der Waals surface area contributed by atoms with Gasteiger partial charge in [-0.05, 0) is 37.8 Å². The fourth-order valence-electron chi connectivity index (χ4n) is 4.55. The van der Waals surface area contributed by atoms with Crippen molar-refractivity contribution in [1.29, 1.82) is 0 Å². The van der Waals surface area contributed by atoms with Crippen LogP contribution in [0.2, 0.25) is 0 Å². The first-order chi connectivity index (χ1) is 14.0. The van der Waals surface area contributed by atoms with E-state index in [1.54, 1.807) is 34.9 Å². The molecule has 1 aromatic rings. The largest absolute Gasteiger partial charge is 0.486 e. The molecule has 3 aliphatic rings. The van der Waals surface area contributed by atoms with Crippen molar-refractivity contribution in [2.45, 2.75) is 51.0 Å². The zero-order valence-electron chi connectivity index (χ0n) is 16.9. The number of ether oxygens (including phenoxy) is 2. The molecule has 1 aromatic carbocycles. The van der Waals surface area contributed by atoms with Gasteiger partial charge in [-0.1, -0.05) is 6.42 Å². The molecule has 2 aliphatic heterocycles. The maximum absolute atomic E-state index is 12.6. The van der Waals surface area contributed by atoms with Gasteiger partial charge in [0, 0.05) is 39.2 Å². The molecule has 1 saturated carbocycles. The standard InChI is InChI=1S/C22H28N2O5/c1-16(25)23-9-11-24(12-10-23)21(27)15-28-17-5-6-18-19(26)14-22(29-20(18)13-17)7-3-2-4-8-22/h5-6,13H,2-4,7-12,14-15H2,1H3. The third-order valence-corrected chi connectivity index (χ3v) is 6.27. The minimum atomic E-state index is -0.368. The molecule has 156 valence electrons. The average Bonchev–Trinajstić information content (AvgIpc) is 2.72. The van der Waals surface area contributed by atoms with Crippen LogP contribution in [0.15, 0.2) is 18.2 Å². The number of benzene rings is 1. The van der Waals surface area contributed by atoms with E-state index in [0.717, 1.165) is 25.7 Å². The lowest BCUT2D eigenvalue weighted by molar-refractivity contribution is -0.139. The molecule has 0 aromatic heterocycles. The van der Waals surface area contributed by atoms with Crippen molar-refractivity contribution in [2.24, 2.45) is 0 Å². The fraction of sp³-hybridized carbons (Fsp3) is 0.591. The van der Waals surface area contributed by atoms with E-state index in [-0.39, 0.29) is 29.8 Å². The average molecular weight is 400 g/mol. The molecule has 4 rings (SSSR count). The van der Waals surface area contributed by atoms with Crippen LogP contribution in [0, 0.1) is 0 Å². The van der Waals surface area contributed by atoms with Crippen LogP contribution >= 0.6 is 0 Å². The lowest BCUT2D eigenvalue weighted by Gasteiger charge is -2.40. The van der Waals surface area contributed by atoms with Gasteiger partial charge in [0.1, 0.15) is 17.1 Å². The molecule has 0 N–H and O–H groups in total. The molecule has 29 heavy (non-hydrogen) atoms. The monoisotopic (exact) mass is 400 g/mol. The van der Waals surface area contributed by atoms with E-state index < -0.39 is 0 Å². The van der Waals surface area contributed by atoms with E-state index >= 15 is 0 Å². The number of hydrogen-bond acceptors (Lipinski definition) is 5. The summed E-state index contributed by atoms with van der Waals surface area (Å²) < 4.78 is 12.0. The van der Waals surface area contributed by atoms with Crippen molar-refractivity contribution in [3.05, 3.63) is 23.8 Å². The Morgan fingerprint density at radius 3 is 2.45 bits per heavy atom. The Kier molecular flexibility index (Phi) is 5.48. The number of fused-ring (bicyclic) bond motifs is 1. The van der Waals surface area contributed by atoms with Gasteiger partial charge in [-0.25, -0.2) is 0 Å².